The first kappa shape index (κ1) is 19.9. The van der Waals surface area contributed by atoms with Crippen LogP contribution in [0.25, 0.3) is 0 Å². The van der Waals surface area contributed by atoms with Gasteiger partial charge in [-0.3, -0.25) is 10.2 Å². The van der Waals surface area contributed by atoms with Crippen LogP contribution in [-0.2, 0) is 20.8 Å². The number of hydrogen-bond donors (Lipinski definition) is 3. The van der Waals surface area contributed by atoms with Gasteiger partial charge in [-0.2, -0.15) is 0 Å². The van der Waals surface area contributed by atoms with Crippen molar-refractivity contribution in [1.29, 1.82) is 5.41 Å². The van der Waals surface area contributed by atoms with E-state index >= 15 is 0 Å². The molecule has 1 heterocycles. The second-order valence-electron chi connectivity index (χ2n) is 6.64. The van der Waals surface area contributed by atoms with E-state index in [1.807, 2.05) is 36.4 Å². The third-order valence-corrected chi connectivity index (χ3v) is 4.78. The molecule has 0 spiro atoms. The number of carbonyl (C=O) groups excluding carboxylic acids is 1. The lowest BCUT2D eigenvalue weighted by Gasteiger charge is -2.29. The summed E-state index contributed by atoms with van der Waals surface area (Å²) in [5, 5.41) is 10.3. The van der Waals surface area contributed by atoms with E-state index in [4.69, 9.17) is 20.6 Å². The highest BCUT2D eigenvalue weighted by Crippen LogP contribution is 2.22. The lowest BCUT2D eigenvalue weighted by molar-refractivity contribution is -0.131. The third kappa shape index (κ3) is 4.88. The van der Waals surface area contributed by atoms with Gasteiger partial charge >= 0.3 is 0 Å². The minimum Gasteiger partial charge on any atom is -0.384 e. The number of ether oxygens (including phenoxy) is 2. The second kappa shape index (κ2) is 9.34. The zero-order valence-corrected chi connectivity index (χ0v) is 16.0. The molecule has 0 aliphatic carbocycles. The van der Waals surface area contributed by atoms with Gasteiger partial charge in [0.25, 0.3) is 5.91 Å². The number of benzene rings is 2. The number of amidine groups is 1. The SMILES string of the molecule is CO[C@H](C(=O)NCc1ccc(C(=N)N)cc1)c1ccc(N2CCOCC2)cc1. The fourth-order valence-corrected chi connectivity index (χ4v) is 3.16. The monoisotopic (exact) mass is 382 g/mol. The maximum absolute atomic E-state index is 12.6. The molecule has 2 aromatic carbocycles. The number of methoxy groups -OCH3 is 1. The molecule has 1 atom stereocenters. The Kier molecular flexibility index (Phi) is 6.62. The van der Waals surface area contributed by atoms with Crippen LogP contribution in [0.1, 0.15) is 22.8 Å². The smallest absolute Gasteiger partial charge is 0.254 e. The summed E-state index contributed by atoms with van der Waals surface area (Å²) in [5.41, 5.74) is 8.97. The molecule has 1 amide bonds. The molecule has 148 valence electrons. The number of nitrogens with zero attached hydrogens (tertiary/aromatic N) is 1. The molecule has 28 heavy (non-hydrogen) atoms. The predicted octanol–water partition coefficient (Wildman–Crippen LogP) is 1.81. The van der Waals surface area contributed by atoms with Crippen LogP contribution in [-0.4, -0.2) is 45.2 Å². The van der Waals surface area contributed by atoms with Crippen molar-refractivity contribution in [3.05, 3.63) is 65.2 Å². The molecule has 7 heteroatoms. The molecule has 1 aliphatic rings. The summed E-state index contributed by atoms with van der Waals surface area (Å²) in [4.78, 5) is 14.9. The Morgan fingerprint density at radius 2 is 1.82 bits per heavy atom. The average Bonchev–Trinajstić information content (AvgIpc) is 2.74. The van der Waals surface area contributed by atoms with Crippen LogP contribution in [0.4, 0.5) is 5.69 Å². The number of morpholine rings is 1. The summed E-state index contributed by atoms with van der Waals surface area (Å²) in [6, 6.07) is 15.1. The van der Waals surface area contributed by atoms with Crippen LogP contribution < -0.4 is 16.0 Å². The zero-order chi connectivity index (χ0) is 19.9. The molecule has 0 saturated carbocycles. The van der Waals surface area contributed by atoms with Crippen molar-refractivity contribution in [2.75, 3.05) is 38.3 Å². The number of carbonyl (C=O) groups is 1. The van der Waals surface area contributed by atoms with Crippen molar-refractivity contribution in [2.45, 2.75) is 12.6 Å². The summed E-state index contributed by atoms with van der Waals surface area (Å²) in [6.45, 7) is 3.59. The molecular formula is C21H26N4O3. The molecule has 0 unspecified atom stereocenters. The van der Waals surface area contributed by atoms with Gasteiger partial charge < -0.3 is 25.4 Å². The average molecular weight is 382 g/mol. The van der Waals surface area contributed by atoms with Gasteiger partial charge in [0.15, 0.2) is 6.10 Å². The highest BCUT2D eigenvalue weighted by molar-refractivity contribution is 5.94. The van der Waals surface area contributed by atoms with E-state index in [2.05, 4.69) is 10.2 Å². The molecule has 0 bridgehead atoms. The van der Waals surface area contributed by atoms with Gasteiger partial charge in [-0.15, -0.1) is 0 Å². The molecule has 0 radical (unpaired) electrons. The van der Waals surface area contributed by atoms with Crippen LogP contribution >= 0.6 is 0 Å². The molecule has 2 aromatic rings. The van der Waals surface area contributed by atoms with Gasteiger partial charge in [0.2, 0.25) is 0 Å². The first-order valence-electron chi connectivity index (χ1n) is 9.25. The van der Waals surface area contributed by atoms with Gasteiger partial charge in [-0.05, 0) is 23.3 Å². The Balaban J connectivity index is 1.60. The van der Waals surface area contributed by atoms with Crippen molar-refractivity contribution in [2.24, 2.45) is 5.73 Å². The van der Waals surface area contributed by atoms with Crippen LogP contribution in [0.3, 0.4) is 0 Å². The predicted molar refractivity (Wildman–Crippen MR) is 109 cm³/mol. The van der Waals surface area contributed by atoms with Crippen LogP contribution in [0.2, 0.25) is 0 Å². The van der Waals surface area contributed by atoms with Crippen LogP contribution in [0.5, 0.6) is 0 Å². The number of nitrogens with two attached hydrogens (primary N) is 1. The van der Waals surface area contributed by atoms with Gasteiger partial charge in [0.05, 0.1) is 13.2 Å². The van der Waals surface area contributed by atoms with Gasteiger partial charge in [0.1, 0.15) is 5.84 Å². The van der Waals surface area contributed by atoms with Gasteiger partial charge in [-0.25, -0.2) is 0 Å². The molecule has 1 saturated heterocycles. The van der Waals surface area contributed by atoms with Crippen molar-refractivity contribution >= 4 is 17.4 Å². The van der Waals surface area contributed by atoms with E-state index in [1.165, 1.54) is 7.11 Å². The standard InChI is InChI=1S/C21H26N4O3/c1-27-19(16-6-8-18(9-7-16)25-10-12-28-13-11-25)21(26)24-14-15-2-4-17(5-3-15)20(22)23/h2-9,19H,10-14H2,1H3,(H3,22,23)(H,24,26)/t19-/m0/s1. The Hall–Kier alpha value is -2.90. The molecular weight excluding hydrogens is 356 g/mol. The number of nitrogen functional groups attached to an aromatic ring is 1. The molecule has 1 aliphatic heterocycles. The molecule has 7 nitrogen and oxygen atoms in total. The number of hydrogen-bond acceptors (Lipinski definition) is 5. The maximum atomic E-state index is 12.6. The lowest BCUT2D eigenvalue weighted by atomic mass is 10.1. The first-order valence-corrected chi connectivity index (χ1v) is 9.25. The largest absolute Gasteiger partial charge is 0.384 e. The minimum absolute atomic E-state index is 0.0237. The summed E-state index contributed by atoms with van der Waals surface area (Å²) < 4.78 is 10.8. The summed E-state index contributed by atoms with van der Waals surface area (Å²) in [7, 11) is 1.53. The van der Waals surface area contributed by atoms with Crippen molar-refractivity contribution in [1.82, 2.24) is 5.32 Å². The number of anilines is 1. The quantitative estimate of drug-likeness (QED) is 0.501. The molecule has 4 N–H and O–H groups in total. The molecule has 0 aromatic heterocycles. The van der Waals surface area contributed by atoms with E-state index in [0.717, 1.165) is 43.1 Å². The number of rotatable bonds is 7. The minimum atomic E-state index is -0.671. The Morgan fingerprint density at radius 1 is 1.18 bits per heavy atom. The number of nitrogens with one attached hydrogen (secondary N) is 2. The fourth-order valence-electron chi connectivity index (χ4n) is 3.16. The third-order valence-electron chi connectivity index (χ3n) is 4.78. The summed E-state index contributed by atoms with van der Waals surface area (Å²) in [5.74, 6) is -0.173. The van der Waals surface area contributed by atoms with E-state index in [1.54, 1.807) is 12.1 Å². The van der Waals surface area contributed by atoms with E-state index in [-0.39, 0.29) is 11.7 Å². The highest BCUT2D eigenvalue weighted by atomic mass is 16.5. The van der Waals surface area contributed by atoms with Gasteiger partial charge in [0, 0.05) is 38.0 Å². The Morgan fingerprint density at radius 3 is 2.39 bits per heavy atom. The number of amides is 1. The maximum Gasteiger partial charge on any atom is 0.254 e. The molecule has 1 fully saturated rings. The van der Waals surface area contributed by atoms with E-state index < -0.39 is 6.10 Å². The zero-order valence-electron chi connectivity index (χ0n) is 16.0. The summed E-state index contributed by atoms with van der Waals surface area (Å²) >= 11 is 0. The van der Waals surface area contributed by atoms with Crippen LogP contribution in [0.15, 0.2) is 48.5 Å². The van der Waals surface area contributed by atoms with E-state index in [0.29, 0.717) is 12.1 Å². The van der Waals surface area contributed by atoms with Crippen molar-refractivity contribution < 1.29 is 14.3 Å². The van der Waals surface area contributed by atoms with Crippen molar-refractivity contribution in [3.63, 3.8) is 0 Å². The second-order valence-corrected chi connectivity index (χ2v) is 6.64. The van der Waals surface area contributed by atoms with Crippen molar-refractivity contribution in [3.8, 4) is 0 Å². The highest BCUT2D eigenvalue weighted by Gasteiger charge is 2.20. The van der Waals surface area contributed by atoms with E-state index in [9.17, 15) is 4.79 Å². The Bertz CT molecular complexity index is 799. The first-order chi connectivity index (χ1) is 13.6. The fraction of sp³-hybridized carbons (Fsp3) is 0.333. The topological polar surface area (TPSA) is 101 Å². The normalized spacial score (nSPS) is 15.1. The molecule has 3 rings (SSSR count). The lowest BCUT2D eigenvalue weighted by Crippen LogP contribution is -2.36. The van der Waals surface area contributed by atoms with Gasteiger partial charge in [-0.1, -0.05) is 36.4 Å². The summed E-state index contributed by atoms with van der Waals surface area (Å²) in [6.07, 6.45) is -0.671. The van der Waals surface area contributed by atoms with Crippen LogP contribution in [0, 0.1) is 5.41 Å². The Labute approximate surface area is 164 Å².